The first-order valence-corrected chi connectivity index (χ1v) is 12.0. The minimum absolute atomic E-state index is 0.0376. The summed E-state index contributed by atoms with van der Waals surface area (Å²) in [4.78, 5) is 31.0. The van der Waals surface area contributed by atoms with E-state index >= 15 is 0 Å². The van der Waals surface area contributed by atoms with Crippen LogP contribution in [0.3, 0.4) is 0 Å². The number of methoxy groups -OCH3 is 1. The predicted molar refractivity (Wildman–Crippen MR) is 136 cm³/mol. The molecule has 8 nitrogen and oxygen atoms in total. The Labute approximate surface area is 205 Å². The number of fused-ring (bicyclic) bond motifs is 1. The molecule has 0 radical (unpaired) electrons. The van der Waals surface area contributed by atoms with Crippen LogP contribution in [-0.4, -0.2) is 38.1 Å². The molecule has 0 spiro atoms. The van der Waals surface area contributed by atoms with Gasteiger partial charge in [-0.1, -0.05) is 29.4 Å². The highest BCUT2D eigenvalue weighted by molar-refractivity contribution is 7.99. The molecule has 2 aromatic carbocycles. The number of amides is 1. The highest BCUT2D eigenvalue weighted by Gasteiger charge is 2.19. The van der Waals surface area contributed by atoms with Crippen molar-refractivity contribution in [1.82, 2.24) is 19.3 Å². The molecule has 0 saturated heterocycles. The van der Waals surface area contributed by atoms with E-state index in [-0.39, 0.29) is 23.3 Å². The molecule has 4 aromatic rings. The number of aromatic nitrogens is 4. The standard InChI is InChI=1S/C24H24ClN5O3S/c1-14(2)30-21(9-10-26-30)28-22(31)13-34-24-27-18-12-16(25)6-7-17(18)23(32)29(24)19-11-15(3)5-8-20(19)33-4/h5-12,14H,13H2,1-4H3,(H,28,31). The van der Waals surface area contributed by atoms with Crippen LogP contribution in [0.4, 0.5) is 5.82 Å². The summed E-state index contributed by atoms with van der Waals surface area (Å²) in [5, 5.41) is 8.36. The van der Waals surface area contributed by atoms with Gasteiger partial charge in [-0.05, 0) is 56.7 Å². The number of hydrogen-bond donors (Lipinski definition) is 1. The fraction of sp³-hybridized carbons (Fsp3) is 0.250. The summed E-state index contributed by atoms with van der Waals surface area (Å²) in [6, 6.07) is 12.4. The van der Waals surface area contributed by atoms with Crippen LogP contribution in [0.5, 0.6) is 5.75 Å². The third kappa shape index (κ3) is 4.80. The molecule has 1 amide bonds. The normalized spacial score (nSPS) is 11.2. The fourth-order valence-corrected chi connectivity index (χ4v) is 4.53. The van der Waals surface area contributed by atoms with Crippen LogP contribution in [-0.2, 0) is 4.79 Å². The largest absolute Gasteiger partial charge is 0.495 e. The summed E-state index contributed by atoms with van der Waals surface area (Å²) < 4.78 is 8.73. The zero-order chi connectivity index (χ0) is 24.4. The van der Waals surface area contributed by atoms with Crippen molar-refractivity contribution in [3.63, 3.8) is 0 Å². The van der Waals surface area contributed by atoms with E-state index in [1.807, 2.05) is 32.9 Å². The van der Waals surface area contributed by atoms with Gasteiger partial charge in [-0.3, -0.25) is 14.2 Å². The molecule has 10 heteroatoms. The minimum Gasteiger partial charge on any atom is -0.495 e. The molecule has 34 heavy (non-hydrogen) atoms. The van der Waals surface area contributed by atoms with Crippen molar-refractivity contribution in [3.8, 4) is 11.4 Å². The summed E-state index contributed by atoms with van der Waals surface area (Å²) in [6.45, 7) is 5.89. The van der Waals surface area contributed by atoms with Gasteiger partial charge in [-0.2, -0.15) is 5.10 Å². The van der Waals surface area contributed by atoms with Gasteiger partial charge in [0, 0.05) is 17.1 Å². The van der Waals surface area contributed by atoms with Crippen LogP contribution < -0.4 is 15.6 Å². The number of aryl methyl sites for hydroxylation is 1. The van der Waals surface area contributed by atoms with Gasteiger partial charge in [0.05, 0.1) is 35.6 Å². The molecule has 2 aromatic heterocycles. The van der Waals surface area contributed by atoms with E-state index in [1.165, 1.54) is 4.57 Å². The Morgan fingerprint density at radius 3 is 2.74 bits per heavy atom. The number of thioether (sulfide) groups is 1. The Morgan fingerprint density at radius 2 is 2.00 bits per heavy atom. The second-order valence-corrected chi connectivity index (χ2v) is 9.34. The molecule has 0 saturated carbocycles. The van der Waals surface area contributed by atoms with E-state index in [0.29, 0.717) is 38.3 Å². The van der Waals surface area contributed by atoms with Crippen molar-refractivity contribution >= 4 is 46.0 Å². The van der Waals surface area contributed by atoms with Gasteiger partial charge < -0.3 is 10.1 Å². The lowest BCUT2D eigenvalue weighted by atomic mass is 10.2. The number of rotatable bonds is 7. The van der Waals surface area contributed by atoms with E-state index < -0.39 is 0 Å². The molecule has 0 aliphatic carbocycles. The van der Waals surface area contributed by atoms with Crippen molar-refractivity contribution in [2.24, 2.45) is 0 Å². The molecule has 4 rings (SSSR count). The van der Waals surface area contributed by atoms with E-state index in [1.54, 1.807) is 48.3 Å². The van der Waals surface area contributed by atoms with Gasteiger partial charge in [0.25, 0.3) is 5.56 Å². The maximum atomic E-state index is 13.6. The lowest BCUT2D eigenvalue weighted by Crippen LogP contribution is -2.24. The van der Waals surface area contributed by atoms with Crippen LogP contribution in [0.15, 0.2) is 58.6 Å². The predicted octanol–water partition coefficient (Wildman–Crippen LogP) is 4.86. The summed E-state index contributed by atoms with van der Waals surface area (Å²) in [6.07, 6.45) is 1.64. The number of anilines is 1. The monoisotopic (exact) mass is 497 g/mol. The summed E-state index contributed by atoms with van der Waals surface area (Å²) in [5.41, 5.74) is 1.69. The first-order valence-electron chi connectivity index (χ1n) is 10.6. The smallest absolute Gasteiger partial charge is 0.266 e. The SMILES string of the molecule is COc1ccc(C)cc1-n1c(SCC(=O)Nc2ccnn2C(C)C)nc2cc(Cl)ccc2c1=O. The molecular formula is C24H24ClN5O3S. The molecule has 176 valence electrons. The number of carbonyl (C=O) groups is 1. The molecule has 0 aliphatic rings. The first kappa shape index (κ1) is 23.8. The number of carbonyl (C=O) groups excluding carboxylic acids is 1. The Hall–Kier alpha value is -3.30. The van der Waals surface area contributed by atoms with Gasteiger partial charge in [0.1, 0.15) is 11.6 Å². The average molecular weight is 498 g/mol. The maximum absolute atomic E-state index is 13.6. The maximum Gasteiger partial charge on any atom is 0.266 e. The summed E-state index contributed by atoms with van der Waals surface area (Å²) in [5.74, 6) is 0.928. The van der Waals surface area contributed by atoms with Crippen molar-refractivity contribution < 1.29 is 9.53 Å². The third-order valence-corrected chi connectivity index (χ3v) is 6.31. The molecule has 0 unspecified atom stereocenters. The number of hydrogen-bond acceptors (Lipinski definition) is 6. The first-order chi connectivity index (χ1) is 16.3. The molecule has 2 heterocycles. The number of ether oxygens (including phenoxy) is 1. The van der Waals surface area contributed by atoms with Crippen molar-refractivity contribution in [3.05, 3.63) is 69.6 Å². The summed E-state index contributed by atoms with van der Waals surface area (Å²) in [7, 11) is 1.55. The quantitative estimate of drug-likeness (QED) is 0.289. The van der Waals surface area contributed by atoms with Crippen LogP contribution in [0, 0.1) is 6.92 Å². The molecule has 0 aliphatic heterocycles. The Bertz CT molecular complexity index is 1430. The van der Waals surface area contributed by atoms with Crippen molar-refractivity contribution in [2.75, 3.05) is 18.2 Å². The molecule has 0 atom stereocenters. The minimum atomic E-state index is -0.272. The number of halogens is 1. The molecule has 0 bridgehead atoms. The van der Waals surface area contributed by atoms with Crippen LogP contribution in [0.1, 0.15) is 25.5 Å². The number of nitrogens with zero attached hydrogens (tertiary/aromatic N) is 4. The second kappa shape index (κ2) is 9.90. The van der Waals surface area contributed by atoms with E-state index in [0.717, 1.165) is 17.3 Å². The van der Waals surface area contributed by atoms with Gasteiger partial charge in [0.2, 0.25) is 5.91 Å². The van der Waals surface area contributed by atoms with Gasteiger partial charge in [-0.15, -0.1) is 0 Å². The number of nitrogens with one attached hydrogen (secondary N) is 1. The lowest BCUT2D eigenvalue weighted by molar-refractivity contribution is -0.113. The highest BCUT2D eigenvalue weighted by atomic mass is 35.5. The van der Waals surface area contributed by atoms with Crippen LogP contribution in [0.2, 0.25) is 5.02 Å². The molecule has 1 N–H and O–H groups in total. The summed E-state index contributed by atoms with van der Waals surface area (Å²) >= 11 is 7.31. The van der Waals surface area contributed by atoms with Crippen molar-refractivity contribution in [1.29, 1.82) is 0 Å². The third-order valence-electron chi connectivity index (χ3n) is 5.14. The zero-order valence-corrected chi connectivity index (χ0v) is 20.8. The van der Waals surface area contributed by atoms with Crippen LogP contribution >= 0.6 is 23.4 Å². The topological polar surface area (TPSA) is 91.0 Å². The van der Waals surface area contributed by atoms with Gasteiger partial charge in [-0.25, -0.2) is 9.67 Å². The van der Waals surface area contributed by atoms with Gasteiger partial charge >= 0.3 is 0 Å². The zero-order valence-electron chi connectivity index (χ0n) is 19.2. The Kier molecular flexibility index (Phi) is 6.95. The average Bonchev–Trinajstić information content (AvgIpc) is 3.26. The Balaban J connectivity index is 1.75. The van der Waals surface area contributed by atoms with Crippen molar-refractivity contribution in [2.45, 2.75) is 32.0 Å². The second-order valence-electron chi connectivity index (χ2n) is 7.96. The van der Waals surface area contributed by atoms with E-state index in [4.69, 9.17) is 16.3 Å². The van der Waals surface area contributed by atoms with E-state index in [2.05, 4.69) is 15.4 Å². The number of benzene rings is 2. The van der Waals surface area contributed by atoms with Gasteiger partial charge in [0.15, 0.2) is 5.16 Å². The van der Waals surface area contributed by atoms with Crippen LogP contribution in [0.25, 0.3) is 16.6 Å². The highest BCUT2D eigenvalue weighted by Crippen LogP contribution is 2.29. The molecule has 0 fully saturated rings. The fourth-order valence-electron chi connectivity index (χ4n) is 3.56. The van der Waals surface area contributed by atoms with E-state index in [9.17, 15) is 9.59 Å². The molecular weight excluding hydrogens is 474 g/mol. The lowest BCUT2D eigenvalue weighted by Gasteiger charge is -2.16. The Morgan fingerprint density at radius 1 is 1.21 bits per heavy atom.